The molecule has 0 aromatic heterocycles. The molecule has 0 spiro atoms. The Labute approximate surface area is 108 Å². The summed E-state index contributed by atoms with van der Waals surface area (Å²) in [6.45, 7) is 2.13. The third kappa shape index (κ3) is 2.21. The minimum absolute atomic E-state index is 1.07. The van der Waals surface area contributed by atoms with Crippen LogP contribution in [0.2, 0.25) is 0 Å². The van der Waals surface area contributed by atoms with Gasteiger partial charge in [-0.25, -0.2) is 0 Å². The van der Waals surface area contributed by atoms with Crippen LogP contribution >= 0.6 is 0 Å². The summed E-state index contributed by atoms with van der Waals surface area (Å²) in [7, 11) is 0. The van der Waals surface area contributed by atoms with Gasteiger partial charge in [-0.05, 0) is 48.9 Å². The van der Waals surface area contributed by atoms with Crippen LogP contribution in [0.15, 0.2) is 53.5 Å². The molecule has 3 rings (SSSR count). The summed E-state index contributed by atoms with van der Waals surface area (Å²) in [6, 6.07) is 17.1. The van der Waals surface area contributed by atoms with Crippen LogP contribution in [0, 0.1) is 6.92 Å². The molecule has 0 atom stereocenters. The van der Waals surface area contributed by atoms with Gasteiger partial charge in [0.25, 0.3) is 0 Å². The first kappa shape index (κ1) is 11.2. The summed E-state index contributed by atoms with van der Waals surface area (Å²) >= 11 is 0. The first-order valence-electron chi connectivity index (χ1n) is 6.55. The maximum atomic E-state index is 4.89. The molecule has 0 bridgehead atoms. The number of benzene rings is 2. The first-order valence-corrected chi connectivity index (χ1v) is 6.55. The van der Waals surface area contributed by atoms with Gasteiger partial charge in [0.15, 0.2) is 0 Å². The van der Waals surface area contributed by atoms with Crippen molar-refractivity contribution in [3.63, 3.8) is 0 Å². The van der Waals surface area contributed by atoms with Crippen LogP contribution in [-0.2, 0) is 6.42 Å². The predicted octanol–water partition coefficient (Wildman–Crippen LogP) is 4.45. The van der Waals surface area contributed by atoms with Gasteiger partial charge in [-0.15, -0.1) is 0 Å². The monoisotopic (exact) mass is 235 g/mol. The standard InChI is InChI=1S/C17H17N/c1-13-10-11-15-8-5-9-16(18-17(15)12-13)14-6-3-2-4-7-14/h2-4,6-7,10-12H,5,8-9H2,1H3. The molecule has 18 heavy (non-hydrogen) atoms. The van der Waals surface area contributed by atoms with E-state index in [1.807, 2.05) is 0 Å². The number of hydrogen-bond donors (Lipinski definition) is 0. The fourth-order valence-electron chi connectivity index (χ4n) is 2.48. The highest BCUT2D eigenvalue weighted by Gasteiger charge is 2.11. The molecule has 2 aromatic rings. The van der Waals surface area contributed by atoms with Gasteiger partial charge in [-0.1, -0.05) is 42.5 Å². The molecular formula is C17H17N. The Morgan fingerprint density at radius 2 is 1.78 bits per heavy atom. The van der Waals surface area contributed by atoms with Crippen molar-refractivity contribution in [3.8, 4) is 0 Å². The van der Waals surface area contributed by atoms with Gasteiger partial charge in [-0.2, -0.15) is 0 Å². The van der Waals surface area contributed by atoms with Crippen LogP contribution in [-0.4, -0.2) is 5.71 Å². The maximum Gasteiger partial charge on any atom is 0.0667 e. The molecule has 1 aliphatic rings. The van der Waals surface area contributed by atoms with E-state index in [-0.39, 0.29) is 0 Å². The molecule has 0 radical (unpaired) electrons. The Morgan fingerprint density at radius 3 is 2.61 bits per heavy atom. The van der Waals surface area contributed by atoms with Crippen molar-refractivity contribution in [1.82, 2.24) is 0 Å². The Balaban J connectivity index is 2.07. The number of rotatable bonds is 1. The lowest BCUT2D eigenvalue weighted by Crippen LogP contribution is -1.99. The van der Waals surface area contributed by atoms with Crippen LogP contribution in [0.1, 0.15) is 29.5 Å². The molecule has 1 nitrogen and oxygen atoms in total. The van der Waals surface area contributed by atoms with E-state index in [0.717, 1.165) is 18.5 Å². The molecule has 1 heterocycles. The number of fused-ring (bicyclic) bond motifs is 1. The second-order valence-electron chi connectivity index (χ2n) is 4.91. The van der Waals surface area contributed by atoms with Crippen molar-refractivity contribution in [1.29, 1.82) is 0 Å². The van der Waals surface area contributed by atoms with Crippen LogP contribution in [0.3, 0.4) is 0 Å². The van der Waals surface area contributed by atoms with Gasteiger partial charge < -0.3 is 0 Å². The molecule has 0 N–H and O–H groups in total. The Kier molecular flexibility index (Phi) is 2.97. The van der Waals surface area contributed by atoms with Crippen molar-refractivity contribution >= 4 is 11.4 Å². The average Bonchev–Trinajstić information content (AvgIpc) is 2.61. The zero-order valence-electron chi connectivity index (χ0n) is 10.7. The summed E-state index contributed by atoms with van der Waals surface area (Å²) in [5.74, 6) is 0. The van der Waals surface area contributed by atoms with E-state index in [2.05, 4.69) is 55.5 Å². The first-order chi connectivity index (χ1) is 8.83. The van der Waals surface area contributed by atoms with Gasteiger partial charge in [0.1, 0.15) is 0 Å². The summed E-state index contributed by atoms with van der Waals surface area (Å²) < 4.78 is 0. The van der Waals surface area contributed by atoms with Crippen molar-refractivity contribution in [2.75, 3.05) is 0 Å². The van der Waals surface area contributed by atoms with E-state index >= 15 is 0 Å². The summed E-state index contributed by atoms with van der Waals surface area (Å²) in [5.41, 5.74) is 6.30. The summed E-state index contributed by atoms with van der Waals surface area (Å²) in [4.78, 5) is 4.89. The summed E-state index contributed by atoms with van der Waals surface area (Å²) in [5, 5.41) is 0. The molecular weight excluding hydrogens is 218 g/mol. The van der Waals surface area contributed by atoms with Crippen LogP contribution in [0.4, 0.5) is 5.69 Å². The van der Waals surface area contributed by atoms with E-state index in [1.165, 1.54) is 28.8 Å². The second-order valence-corrected chi connectivity index (χ2v) is 4.91. The van der Waals surface area contributed by atoms with Gasteiger partial charge in [-0.3, -0.25) is 4.99 Å². The van der Waals surface area contributed by atoms with E-state index < -0.39 is 0 Å². The zero-order valence-corrected chi connectivity index (χ0v) is 10.7. The average molecular weight is 235 g/mol. The molecule has 0 aliphatic carbocycles. The summed E-state index contributed by atoms with van der Waals surface area (Å²) in [6.07, 6.45) is 3.39. The van der Waals surface area contributed by atoms with Crippen LogP contribution in [0.25, 0.3) is 0 Å². The van der Waals surface area contributed by atoms with Gasteiger partial charge in [0, 0.05) is 5.71 Å². The lowest BCUT2D eigenvalue weighted by Gasteiger charge is -2.04. The highest BCUT2D eigenvalue weighted by Crippen LogP contribution is 2.27. The smallest absolute Gasteiger partial charge is 0.0667 e. The molecule has 0 saturated carbocycles. The fraction of sp³-hybridized carbons (Fsp3) is 0.235. The number of hydrogen-bond acceptors (Lipinski definition) is 1. The lowest BCUT2D eigenvalue weighted by atomic mass is 10.0. The van der Waals surface area contributed by atoms with Crippen molar-refractivity contribution in [2.45, 2.75) is 26.2 Å². The highest BCUT2D eigenvalue weighted by atomic mass is 14.8. The normalized spacial score (nSPS) is 14.6. The SMILES string of the molecule is Cc1ccc2c(c1)N=C(c1ccccc1)CCC2. The molecule has 0 fully saturated rings. The van der Waals surface area contributed by atoms with Crippen LogP contribution in [0.5, 0.6) is 0 Å². The Hall–Kier alpha value is -1.89. The quantitative estimate of drug-likeness (QED) is 0.692. The number of aliphatic imine (C=N–C) groups is 1. The number of nitrogens with zero attached hydrogens (tertiary/aromatic N) is 1. The third-order valence-electron chi connectivity index (χ3n) is 3.46. The van der Waals surface area contributed by atoms with Crippen molar-refractivity contribution < 1.29 is 0 Å². The van der Waals surface area contributed by atoms with E-state index in [0.29, 0.717) is 0 Å². The highest BCUT2D eigenvalue weighted by molar-refractivity contribution is 6.02. The molecule has 1 aliphatic heterocycles. The minimum atomic E-state index is 1.07. The topological polar surface area (TPSA) is 12.4 Å². The maximum absolute atomic E-state index is 4.89. The lowest BCUT2D eigenvalue weighted by molar-refractivity contribution is 0.878. The molecule has 1 heteroatoms. The molecule has 2 aromatic carbocycles. The largest absolute Gasteiger partial charge is 0.253 e. The van der Waals surface area contributed by atoms with Gasteiger partial charge in [0.05, 0.1) is 5.69 Å². The third-order valence-corrected chi connectivity index (χ3v) is 3.46. The second kappa shape index (κ2) is 4.77. The van der Waals surface area contributed by atoms with E-state index in [4.69, 9.17) is 4.99 Å². The van der Waals surface area contributed by atoms with Gasteiger partial charge >= 0.3 is 0 Å². The molecule has 90 valence electrons. The number of aryl methyl sites for hydroxylation is 2. The molecule has 0 saturated heterocycles. The fourth-order valence-corrected chi connectivity index (χ4v) is 2.48. The minimum Gasteiger partial charge on any atom is -0.253 e. The molecule has 0 unspecified atom stereocenters. The van der Waals surface area contributed by atoms with Crippen LogP contribution < -0.4 is 0 Å². The molecule has 0 amide bonds. The van der Waals surface area contributed by atoms with E-state index in [9.17, 15) is 0 Å². The predicted molar refractivity (Wildman–Crippen MR) is 76.8 cm³/mol. The van der Waals surface area contributed by atoms with E-state index in [1.54, 1.807) is 0 Å². The van der Waals surface area contributed by atoms with Gasteiger partial charge in [0.2, 0.25) is 0 Å². The Bertz CT molecular complexity index is 582. The van der Waals surface area contributed by atoms with Crippen molar-refractivity contribution in [3.05, 3.63) is 65.2 Å². The Morgan fingerprint density at radius 1 is 0.944 bits per heavy atom. The zero-order chi connectivity index (χ0) is 12.4. The van der Waals surface area contributed by atoms with Crippen molar-refractivity contribution in [2.24, 2.45) is 4.99 Å².